The summed E-state index contributed by atoms with van der Waals surface area (Å²) in [6, 6.07) is 12.2. The molecule has 0 spiro atoms. The van der Waals surface area contributed by atoms with Gasteiger partial charge in [0.25, 0.3) is 0 Å². The lowest BCUT2D eigenvalue weighted by atomic mass is 9.86. The van der Waals surface area contributed by atoms with Crippen molar-refractivity contribution in [1.29, 1.82) is 0 Å². The molecular formula is C22H31NO3. The van der Waals surface area contributed by atoms with Crippen LogP contribution in [0.1, 0.15) is 37.5 Å². The van der Waals surface area contributed by atoms with Gasteiger partial charge < -0.3 is 19.9 Å². The first-order chi connectivity index (χ1) is 12.3. The molecule has 2 N–H and O–H groups in total. The highest BCUT2D eigenvalue weighted by Crippen LogP contribution is 2.32. The number of methoxy groups -OCH3 is 1. The lowest BCUT2D eigenvalue weighted by Gasteiger charge is -2.23. The first-order valence-corrected chi connectivity index (χ1v) is 9.09. The molecule has 4 nitrogen and oxygen atoms in total. The molecule has 0 aliphatic rings. The van der Waals surface area contributed by atoms with Crippen molar-refractivity contribution >= 4 is 0 Å². The molecule has 0 fully saturated rings. The summed E-state index contributed by atoms with van der Waals surface area (Å²) >= 11 is 0. The van der Waals surface area contributed by atoms with Crippen LogP contribution in [0.3, 0.4) is 0 Å². The van der Waals surface area contributed by atoms with Gasteiger partial charge in [-0.05, 0) is 54.1 Å². The van der Waals surface area contributed by atoms with Crippen molar-refractivity contribution in [1.82, 2.24) is 0 Å². The fraction of sp³-hybridized carbons (Fsp3) is 0.455. The van der Waals surface area contributed by atoms with Crippen molar-refractivity contribution in [3.8, 4) is 17.2 Å². The van der Waals surface area contributed by atoms with E-state index in [1.807, 2.05) is 18.2 Å². The predicted octanol–water partition coefficient (Wildman–Crippen LogP) is 4.26. The third-order valence-corrected chi connectivity index (χ3v) is 4.23. The average molecular weight is 357 g/mol. The second kappa shape index (κ2) is 8.95. The topological polar surface area (TPSA) is 53.7 Å². The van der Waals surface area contributed by atoms with Crippen LogP contribution in [-0.4, -0.2) is 26.9 Å². The number of hydrogen-bond acceptors (Lipinski definition) is 4. The molecule has 0 saturated heterocycles. The maximum Gasteiger partial charge on any atom is 0.126 e. The quantitative estimate of drug-likeness (QED) is 0.717. The predicted molar refractivity (Wildman–Crippen MR) is 107 cm³/mol. The smallest absolute Gasteiger partial charge is 0.126 e. The molecule has 142 valence electrons. The number of ether oxygens (including phenoxy) is 3. The van der Waals surface area contributed by atoms with Crippen LogP contribution in [0.25, 0.3) is 0 Å². The Kier molecular flexibility index (Phi) is 6.92. The van der Waals surface area contributed by atoms with Gasteiger partial charge in [-0.25, -0.2) is 0 Å². The largest absolute Gasteiger partial charge is 0.497 e. The van der Waals surface area contributed by atoms with Gasteiger partial charge in [-0.2, -0.15) is 0 Å². The van der Waals surface area contributed by atoms with Gasteiger partial charge in [-0.15, -0.1) is 0 Å². The van der Waals surface area contributed by atoms with Crippen molar-refractivity contribution in [2.24, 2.45) is 5.73 Å². The van der Waals surface area contributed by atoms with Crippen LogP contribution in [0.5, 0.6) is 17.2 Å². The first-order valence-electron chi connectivity index (χ1n) is 9.09. The number of hydrogen-bond donors (Lipinski definition) is 1. The number of nitrogens with two attached hydrogens (primary N) is 1. The fourth-order valence-electron chi connectivity index (χ4n) is 2.83. The summed E-state index contributed by atoms with van der Waals surface area (Å²) in [5.41, 5.74) is 9.20. The Morgan fingerprint density at radius 1 is 0.923 bits per heavy atom. The van der Waals surface area contributed by atoms with Crippen LogP contribution in [0, 0.1) is 6.92 Å². The summed E-state index contributed by atoms with van der Waals surface area (Å²) < 4.78 is 17.3. The molecule has 2 aromatic rings. The molecule has 0 radical (unpaired) electrons. The molecule has 2 rings (SSSR count). The summed E-state index contributed by atoms with van der Waals surface area (Å²) in [4.78, 5) is 0. The number of aryl methyl sites for hydroxylation is 1. The Morgan fingerprint density at radius 3 is 2.23 bits per heavy atom. The maximum atomic E-state index is 6.04. The van der Waals surface area contributed by atoms with E-state index in [2.05, 4.69) is 45.9 Å². The summed E-state index contributed by atoms with van der Waals surface area (Å²) in [7, 11) is 1.65. The first kappa shape index (κ1) is 20.1. The molecule has 2 aromatic carbocycles. The van der Waals surface area contributed by atoms with E-state index in [1.165, 1.54) is 11.1 Å². The third kappa shape index (κ3) is 5.40. The zero-order valence-corrected chi connectivity index (χ0v) is 16.6. The van der Waals surface area contributed by atoms with Crippen LogP contribution in [0.4, 0.5) is 0 Å². The summed E-state index contributed by atoms with van der Waals surface area (Å²) in [5.74, 6) is 2.50. The summed E-state index contributed by atoms with van der Waals surface area (Å²) in [5, 5.41) is 0. The minimum absolute atomic E-state index is 0.0327. The fourth-order valence-corrected chi connectivity index (χ4v) is 2.83. The van der Waals surface area contributed by atoms with Gasteiger partial charge in [0.15, 0.2) is 0 Å². The van der Waals surface area contributed by atoms with E-state index in [4.69, 9.17) is 19.9 Å². The molecule has 0 aromatic heterocycles. The zero-order chi connectivity index (χ0) is 19.2. The standard InChI is InChI=1S/C22H31NO3/c1-16-6-9-19(22(2,3)4)21(14-16)26-13-12-25-20-15-18(24-5)8-7-17(20)10-11-23/h6-9,14-15H,10-13,23H2,1-5H3. The molecule has 0 aliphatic heterocycles. The molecule has 0 amide bonds. The highest BCUT2D eigenvalue weighted by atomic mass is 16.5. The van der Waals surface area contributed by atoms with E-state index in [0.29, 0.717) is 19.8 Å². The van der Waals surface area contributed by atoms with Crippen LogP contribution < -0.4 is 19.9 Å². The number of benzene rings is 2. The maximum absolute atomic E-state index is 6.04. The van der Waals surface area contributed by atoms with Gasteiger partial charge >= 0.3 is 0 Å². The third-order valence-electron chi connectivity index (χ3n) is 4.23. The van der Waals surface area contributed by atoms with Gasteiger partial charge in [-0.1, -0.05) is 39.0 Å². The zero-order valence-electron chi connectivity index (χ0n) is 16.6. The van der Waals surface area contributed by atoms with Crippen LogP contribution in [0.2, 0.25) is 0 Å². The lowest BCUT2D eigenvalue weighted by Crippen LogP contribution is -2.16. The highest BCUT2D eigenvalue weighted by molar-refractivity contribution is 5.42. The van der Waals surface area contributed by atoms with Crippen molar-refractivity contribution in [2.45, 2.75) is 39.5 Å². The molecule has 0 aliphatic carbocycles. The van der Waals surface area contributed by atoms with E-state index in [-0.39, 0.29) is 5.41 Å². The van der Waals surface area contributed by atoms with E-state index in [9.17, 15) is 0 Å². The van der Waals surface area contributed by atoms with E-state index >= 15 is 0 Å². The minimum Gasteiger partial charge on any atom is -0.497 e. The van der Waals surface area contributed by atoms with Gasteiger partial charge in [0, 0.05) is 6.07 Å². The van der Waals surface area contributed by atoms with E-state index in [0.717, 1.165) is 29.2 Å². The Balaban J connectivity index is 2.02. The Morgan fingerprint density at radius 2 is 1.62 bits per heavy atom. The second-order valence-corrected chi connectivity index (χ2v) is 7.46. The Hall–Kier alpha value is -2.20. The lowest BCUT2D eigenvalue weighted by molar-refractivity contribution is 0.212. The highest BCUT2D eigenvalue weighted by Gasteiger charge is 2.19. The van der Waals surface area contributed by atoms with Gasteiger partial charge in [0.2, 0.25) is 0 Å². The molecule has 0 saturated carbocycles. The molecule has 4 heteroatoms. The van der Waals surface area contributed by atoms with Crippen LogP contribution in [-0.2, 0) is 11.8 Å². The van der Waals surface area contributed by atoms with Gasteiger partial charge in [0.1, 0.15) is 30.5 Å². The normalized spacial score (nSPS) is 11.3. The minimum atomic E-state index is 0.0327. The molecule has 0 atom stereocenters. The monoisotopic (exact) mass is 357 g/mol. The molecule has 0 heterocycles. The van der Waals surface area contributed by atoms with Crippen molar-refractivity contribution in [3.63, 3.8) is 0 Å². The molecule has 26 heavy (non-hydrogen) atoms. The van der Waals surface area contributed by atoms with Crippen LogP contribution in [0.15, 0.2) is 36.4 Å². The van der Waals surface area contributed by atoms with E-state index in [1.54, 1.807) is 7.11 Å². The molecule has 0 bridgehead atoms. The molecule has 0 unspecified atom stereocenters. The second-order valence-electron chi connectivity index (χ2n) is 7.46. The van der Waals surface area contributed by atoms with Crippen LogP contribution >= 0.6 is 0 Å². The average Bonchev–Trinajstić information content (AvgIpc) is 2.59. The Bertz CT molecular complexity index is 720. The Labute approximate surface area is 157 Å². The van der Waals surface area contributed by atoms with Crippen molar-refractivity contribution in [2.75, 3.05) is 26.9 Å². The van der Waals surface area contributed by atoms with Gasteiger partial charge in [-0.3, -0.25) is 0 Å². The SMILES string of the molecule is COc1ccc(CCN)c(OCCOc2cc(C)ccc2C(C)(C)C)c1. The summed E-state index contributed by atoms with van der Waals surface area (Å²) in [6.07, 6.45) is 0.770. The van der Waals surface area contributed by atoms with Crippen molar-refractivity contribution in [3.05, 3.63) is 53.1 Å². The molecular weight excluding hydrogens is 326 g/mol. The van der Waals surface area contributed by atoms with Gasteiger partial charge in [0.05, 0.1) is 7.11 Å². The summed E-state index contributed by atoms with van der Waals surface area (Å²) in [6.45, 7) is 10.2. The number of rotatable bonds is 8. The van der Waals surface area contributed by atoms with E-state index < -0.39 is 0 Å². The van der Waals surface area contributed by atoms with Crippen molar-refractivity contribution < 1.29 is 14.2 Å².